The predicted octanol–water partition coefficient (Wildman–Crippen LogP) is -8.19. The third kappa shape index (κ3) is 6.91. The first-order valence-corrected chi connectivity index (χ1v) is 5.86. The maximum Gasteiger partial charge on any atom is 1.00 e. The average molecular weight is 352 g/mol. The fourth-order valence-electron chi connectivity index (χ4n) is 1.85. The summed E-state index contributed by atoms with van der Waals surface area (Å²) in [7, 11) is 0. The molecule has 1 heterocycles. The van der Waals surface area contributed by atoms with E-state index in [2.05, 4.69) is 9.97 Å². The molecule has 0 radical (unpaired) electrons. The van der Waals surface area contributed by atoms with Crippen molar-refractivity contribution in [1.29, 1.82) is 0 Å². The summed E-state index contributed by atoms with van der Waals surface area (Å²) in [6, 6.07) is 6.79. The van der Waals surface area contributed by atoms with Crippen molar-refractivity contribution in [2.75, 3.05) is 18.0 Å². The largest absolute Gasteiger partial charge is 1.00 e. The van der Waals surface area contributed by atoms with Crippen LogP contribution in [0.2, 0.25) is 0 Å². The van der Waals surface area contributed by atoms with Gasteiger partial charge in [0.25, 0.3) is 0 Å². The number of carbonyl (C=O) groups is 2. The standard InChI is InChI=1S/C13H13N3O4.2K/c17-12(18)6-16(7-13(19)20)10-3-1-9(2-4-10)11-5-14-8-15-11;;/h1-5,8H,6-7H2,(H,14,15)(H,17,18)(H,19,20);;/q;2*+1/p-1. The Labute approximate surface area is 212 Å². The molecule has 0 fully saturated rings. The van der Waals surface area contributed by atoms with Crippen molar-refractivity contribution in [3.63, 3.8) is 0 Å². The number of imidazole rings is 1. The van der Waals surface area contributed by atoms with Gasteiger partial charge in [0.1, 0.15) is 6.20 Å². The molecule has 2 N–H and O–H groups in total. The van der Waals surface area contributed by atoms with Crippen LogP contribution in [-0.4, -0.2) is 30.0 Å². The minimum atomic E-state index is -1.35. The number of aromatic amines is 2. The molecule has 0 aliphatic rings. The second kappa shape index (κ2) is 11.1. The number of H-pyrrole nitrogens is 2. The van der Waals surface area contributed by atoms with Crippen molar-refractivity contribution in [3.8, 4) is 11.3 Å². The van der Waals surface area contributed by atoms with Crippen LogP contribution in [0.4, 0.5) is 5.69 Å². The maximum absolute atomic E-state index is 10.6. The Balaban J connectivity index is 0.00000220. The number of anilines is 1. The Kier molecular flexibility index (Phi) is 11.3. The zero-order valence-electron chi connectivity index (χ0n) is 12.5. The first kappa shape index (κ1) is 22.4. The SMILES string of the molecule is O=C([O-])CN(CC(=O)[O-])c1ccc(-c2c[nH+]c[nH]2)cc1.[K+].[K+]. The van der Waals surface area contributed by atoms with Crippen LogP contribution < -0.4 is 123 Å². The van der Waals surface area contributed by atoms with E-state index in [1.807, 2.05) is 0 Å². The van der Waals surface area contributed by atoms with Crippen LogP contribution >= 0.6 is 0 Å². The molecule has 1 aromatic heterocycles. The van der Waals surface area contributed by atoms with E-state index in [1.54, 1.807) is 36.8 Å². The summed E-state index contributed by atoms with van der Waals surface area (Å²) in [6.45, 7) is -1.02. The molecule has 0 atom stereocenters. The van der Waals surface area contributed by atoms with E-state index in [-0.39, 0.29) is 103 Å². The Morgan fingerprint density at radius 2 is 1.59 bits per heavy atom. The Hall–Kier alpha value is 0.443. The molecule has 0 saturated carbocycles. The molecule has 22 heavy (non-hydrogen) atoms. The van der Waals surface area contributed by atoms with Crippen LogP contribution in [0, 0.1) is 0 Å². The molecule has 9 heteroatoms. The molecular formula is C13H12K2N3O4+. The summed E-state index contributed by atoms with van der Waals surface area (Å²) in [5.74, 6) is -2.71. The zero-order chi connectivity index (χ0) is 14.5. The van der Waals surface area contributed by atoms with Crippen molar-refractivity contribution in [1.82, 2.24) is 4.98 Å². The number of rotatable bonds is 6. The number of hydrogen-bond acceptors (Lipinski definition) is 5. The molecule has 0 unspecified atom stereocenters. The Bertz CT molecular complexity index is 586. The molecule has 0 bridgehead atoms. The molecule has 2 aromatic rings. The van der Waals surface area contributed by atoms with Gasteiger partial charge in [-0.2, -0.15) is 0 Å². The summed E-state index contributed by atoms with van der Waals surface area (Å²) in [5, 5.41) is 21.3. The molecule has 1 aromatic carbocycles. The molecule has 104 valence electrons. The quantitative estimate of drug-likeness (QED) is 0.519. The summed E-state index contributed by atoms with van der Waals surface area (Å²) < 4.78 is 0. The number of nitrogens with zero attached hydrogens (tertiary/aromatic N) is 1. The van der Waals surface area contributed by atoms with Gasteiger partial charge < -0.3 is 24.7 Å². The van der Waals surface area contributed by atoms with Crippen molar-refractivity contribution < 1.29 is 128 Å². The van der Waals surface area contributed by atoms with E-state index in [0.717, 1.165) is 16.2 Å². The first-order valence-electron chi connectivity index (χ1n) is 5.86. The molecule has 0 aliphatic heterocycles. The van der Waals surface area contributed by atoms with Crippen LogP contribution in [-0.2, 0) is 9.59 Å². The van der Waals surface area contributed by atoms with Crippen LogP contribution in [0.25, 0.3) is 11.3 Å². The predicted molar refractivity (Wildman–Crippen MR) is 65.0 cm³/mol. The van der Waals surface area contributed by atoms with Gasteiger partial charge in [-0.15, -0.1) is 0 Å². The van der Waals surface area contributed by atoms with Gasteiger partial charge in [0.15, 0.2) is 5.69 Å². The van der Waals surface area contributed by atoms with E-state index in [0.29, 0.717) is 5.69 Å². The molecule has 0 saturated heterocycles. The molecule has 2 rings (SSSR count). The van der Waals surface area contributed by atoms with Gasteiger partial charge in [-0.1, -0.05) is 0 Å². The number of hydrogen-bond donors (Lipinski definition) is 1. The van der Waals surface area contributed by atoms with Crippen molar-refractivity contribution in [2.45, 2.75) is 0 Å². The van der Waals surface area contributed by atoms with E-state index < -0.39 is 25.0 Å². The molecule has 0 amide bonds. The van der Waals surface area contributed by atoms with Gasteiger partial charge in [0.2, 0.25) is 6.33 Å². The van der Waals surface area contributed by atoms with Crippen molar-refractivity contribution in [2.24, 2.45) is 0 Å². The summed E-state index contributed by atoms with van der Waals surface area (Å²) in [6.07, 6.45) is 3.44. The number of benzene rings is 1. The van der Waals surface area contributed by atoms with Crippen LogP contribution in [0.1, 0.15) is 0 Å². The van der Waals surface area contributed by atoms with Gasteiger partial charge in [-0.3, -0.25) is 0 Å². The summed E-state index contributed by atoms with van der Waals surface area (Å²) in [5.41, 5.74) is 2.22. The number of aliphatic carboxylic acids is 2. The average Bonchev–Trinajstić information content (AvgIpc) is 2.91. The molecular weight excluding hydrogens is 340 g/mol. The number of nitrogens with one attached hydrogen (secondary N) is 2. The van der Waals surface area contributed by atoms with Gasteiger partial charge in [-0.05, 0) is 24.3 Å². The second-order valence-electron chi connectivity index (χ2n) is 4.16. The number of carboxylic acids is 2. The van der Waals surface area contributed by atoms with Crippen molar-refractivity contribution >= 4 is 17.6 Å². The van der Waals surface area contributed by atoms with Crippen LogP contribution in [0.3, 0.4) is 0 Å². The molecule has 0 aliphatic carbocycles. The summed E-state index contributed by atoms with van der Waals surface area (Å²) >= 11 is 0. The van der Waals surface area contributed by atoms with E-state index in [9.17, 15) is 19.8 Å². The van der Waals surface area contributed by atoms with Crippen LogP contribution in [0.5, 0.6) is 0 Å². The first-order chi connectivity index (χ1) is 9.56. The smallest absolute Gasteiger partial charge is 0.548 e. The molecule has 0 spiro atoms. The van der Waals surface area contributed by atoms with E-state index in [1.165, 1.54) is 0 Å². The number of carbonyl (C=O) groups excluding carboxylic acids is 2. The van der Waals surface area contributed by atoms with E-state index in [4.69, 9.17) is 0 Å². The number of carboxylic acid groups (broad SMARTS) is 2. The minimum Gasteiger partial charge on any atom is -0.548 e. The van der Waals surface area contributed by atoms with Gasteiger partial charge in [0, 0.05) is 11.3 Å². The van der Waals surface area contributed by atoms with Gasteiger partial charge in [0.05, 0.1) is 25.0 Å². The van der Waals surface area contributed by atoms with Gasteiger partial charge in [-0.25, -0.2) is 9.97 Å². The Morgan fingerprint density at radius 3 is 2.00 bits per heavy atom. The third-order valence-electron chi connectivity index (χ3n) is 2.72. The fraction of sp³-hybridized carbons (Fsp3) is 0.154. The normalized spacial score (nSPS) is 9.27. The van der Waals surface area contributed by atoms with Crippen molar-refractivity contribution in [3.05, 3.63) is 36.8 Å². The second-order valence-corrected chi connectivity index (χ2v) is 4.16. The zero-order valence-corrected chi connectivity index (χ0v) is 18.7. The Morgan fingerprint density at radius 1 is 1.05 bits per heavy atom. The van der Waals surface area contributed by atoms with Gasteiger partial charge >= 0.3 is 103 Å². The third-order valence-corrected chi connectivity index (χ3v) is 2.72. The minimum absolute atomic E-state index is 0. The molecule has 7 nitrogen and oxygen atoms in total. The summed E-state index contributed by atoms with van der Waals surface area (Å²) in [4.78, 5) is 28.3. The number of aromatic nitrogens is 2. The monoisotopic (exact) mass is 352 g/mol. The maximum atomic E-state index is 10.6. The fourth-order valence-corrected chi connectivity index (χ4v) is 1.85. The van der Waals surface area contributed by atoms with Crippen LogP contribution in [0.15, 0.2) is 36.8 Å². The van der Waals surface area contributed by atoms with E-state index >= 15 is 0 Å². The topological polar surface area (TPSA) is 113 Å².